The van der Waals surface area contributed by atoms with Gasteiger partial charge < -0.3 is 9.80 Å². The average Bonchev–Trinajstić information content (AvgIpc) is 3.18. The van der Waals surface area contributed by atoms with Gasteiger partial charge in [-0.2, -0.15) is 0 Å². The van der Waals surface area contributed by atoms with Crippen LogP contribution in [0.5, 0.6) is 0 Å². The molecule has 50 heavy (non-hydrogen) atoms. The third-order valence-electron chi connectivity index (χ3n) is 10.3. The number of carbonyl (C=O) groups is 2. The molecule has 2 amide bonds. The number of likely N-dealkylation sites (tertiary alicyclic amines) is 1. The number of benzene rings is 4. The van der Waals surface area contributed by atoms with Gasteiger partial charge in [0.2, 0.25) is 0 Å². The molecule has 0 atom stereocenters. The monoisotopic (exact) mass is 662 g/mol. The molecule has 0 bridgehead atoms. The van der Waals surface area contributed by atoms with Gasteiger partial charge >= 0.3 is 0 Å². The summed E-state index contributed by atoms with van der Waals surface area (Å²) < 4.78 is 0. The van der Waals surface area contributed by atoms with Gasteiger partial charge in [-0.3, -0.25) is 14.5 Å². The highest BCUT2D eigenvalue weighted by molar-refractivity contribution is 5.96. The normalized spacial score (nSPS) is 16.0. The zero-order valence-electron chi connectivity index (χ0n) is 29.4. The van der Waals surface area contributed by atoms with E-state index in [4.69, 9.17) is 4.98 Å². The number of piperazine rings is 1. The minimum Gasteiger partial charge on any atom is -0.339 e. The van der Waals surface area contributed by atoms with Gasteiger partial charge in [0, 0.05) is 67.6 Å². The van der Waals surface area contributed by atoms with E-state index in [9.17, 15) is 9.59 Å². The predicted octanol–water partition coefficient (Wildman–Crippen LogP) is 8.44. The Balaban J connectivity index is 0.942. The number of amides is 2. The number of nitrogens with zero attached hydrogens (tertiary/aromatic N) is 4. The van der Waals surface area contributed by atoms with E-state index >= 15 is 0 Å². The molecule has 0 radical (unpaired) electrons. The molecule has 254 valence electrons. The molecule has 6 heteroatoms. The first kappa shape index (κ1) is 33.4. The Morgan fingerprint density at radius 3 is 1.50 bits per heavy atom. The van der Waals surface area contributed by atoms with E-state index in [2.05, 4.69) is 62.1 Å². The van der Waals surface area contributed by atoms with Crippen LogP contribution < -0.4 is 0 Å². The number of hydrogen-bond acceptors (Lipinski definition) is 4. The number of aromatic nitrogens is 1. The summed E-state index contributed by atoms with van der Waals surface area (Å²) in [6.45, 7) is 11.2. The molecule has 4 aromatic carbocycles. The summed E-state index contributed by atoms with van der Waals surface area (Å²) in [6, 6.07) is 41.2. The first-order valence-corrected chi connectivity index (χ1v) is 17.9. The summed E-state index contributed by atoms with van der Waals surface area (Å²) in [7, 11) is 0. The molecule has 3 heterocycles. The third-order valence-corrected chi connectivity index (χ3v) is 10.3. The Morgan fingerprint density at radius 2 is 1.00 bits per heavy atom. The maximum Gasteiger partial charge on any atom is 0.254 e. The first-order valence-electron chi connectivity index (χ1n) is 17.9. The SMILES string of the molecule is CC(C)(C)c1ccc(-c2ccc(C(=O)N3CCC(N4CCN(C(=O)c5cc(-c6ccccc6)nc(-c6ccccc6)c5)CC4)CC3)cc2)cc1. The molecule has 2 aliphatic heterocycles. The van der Waals surface area contributed by atoms with Gasteiger partial charge in [-0.05, 0) is 59.2 Å². The topological polar surface area (TPSA) is 56.8 Å². The molecular weight excluding hydrogens is 617 g/mol. The first-order chi connectivity index (χ1) is 24.2. The lowest BCUT2D eigenvalue weighted by atomic mass is 9.86. The smallest absolute Gasteiger partial charge is 0.254 e. The molecule has 0 unspecified atom stereocenters. The van der Waals surface area contributed by atoms with Crippen molar-refractivity contribution in [1.29, 1.82) is 0 Å². The van der Waals surface area contributed by atoms with Crippen molar-refractivity contribution in [1.82, 2.24) is 19.7 Å². The minimum atomic E-state index is 0.0507. The van der Waals surface area contributed by atoms with E-state index in [1.807, 2.05) is 94.7 Å². The molecule has 1 aromatic heterocycles. The van der Waals surface area contributed by atoms with Crippen molar-refractivity contribution in [2.24, 2.45) is 0 Å². The van der Waals surface area contributed by atoms with Crippen molar-refractivity contribution < 1.29 is 9.59 Å². The van der Waals surface area contributed by atoms with Gasteiger partial charge in [0.1, 0.15) is 0 Å². The number of rotatable bonds is 6. The van der Waals surface area contributed by atoms with E-state index in [0.29, 0.717) is 24.7 Å². The predicted molar refractivity (Wildman–Crippen MR) is 202 cm³/mol. The molecule has 7 rings (SSSR count). The van der Waals surface area contributed by atoms with E-state index in [-0.39, 0.29) is 17.2 Å². The van der Waals surface area contributed by atoms with Crippen LogP contribution in [0.2, 0.25) is 0 Å². The van der Waals surface area contributed by atoms with Gasteiger partial charge in [0.05, 0.1) is 11.4 Å². The molecule has 2 saturated heterocycles. The fourth-order valence-corrected chi connectivity index (χ4v) is 7.22. The summed E-state index contributed by atoms with van der Waals surface area (Å²) in [5.74, 6) is 0.158. The molecule has 6 nitrogen and oxygen atoms in total. The average molecular weight is 663 g/mol. The maximum atomic E-state index is 13.9. The molecule has 0 N–H and O–H groups in total. The highest BCUT2D eigenvalue weighted by Crippen LogP contribution is 2.29. The number of hydrogen-bond donors (Lipinski definition) is 0. The lowest BCUT2D eigenvalue weighted by Gasteiger charge is -2.42. The molecule has 2 fully saturated rings. The maximum absolute atomic E-state index is 13.9. The zero-order chi connectivity index (χ0) is 34.7. The molecule has 5 aromatic rings. The molecule has 0 saturated carbocycles. The van der Waals surface area contributed by atoms with Gasteiger partial charge in [0.15, 0.2) is 0 Å². The van der Waals surface area contributed by atoms with Crippen molar-refractivity contribution in [3.05, 3.63) is 138 Å². The van der Waals surface area contributed by atoms with Crippen molar-refractivity contribution in [2.45, 2.75) is 45.1 Å². The van der Waals surface area contributed by atoms with E-state index in [1.54, 1.807) is 0 Å². The Hall–Kier alpha value is -5.07. The van der Waals surface area contributed by atoms with Crippen LogP contribution in [0, 0.1) is 0 Å². The van der Waals surface area contributed by atoms with Crippen LogP contribution in [0.1, 0.15) is 59.9 Å². The van der Waals surface area contributed by atoms with Crippen LogP contribution in [-0.2, 0) is 5.41 Å². The number of carbonyl (C=O) groups excluding carboxylic acids is 2. The van der Waals surface area contributed by atoms with Gasteiger partial charge in [-0.15, -0.1) is 0 Å². The van der Waals surface area contributed by atoms with Crippen LogP contribution in [-0.4, -0.2) is 76.8 Å². The van der Waals surface area contributed by atoms with Crippen LogP contribution in [0.3, 0.4) is 0 Å². The second-order valence-electron chi connectivity index (χ2n) is 14.6. The fraction of sp³-hybridized carbons (Fsp3) is 0.295. The third kappa shape index (κ3) is 7.41. The molecule has 0 spiro atoms. The Morgan fingerprint density at radius 1 is 0.540 bits per heavy atom. The lowest BCUT2D eigenvalue weighted by Crippen LogP contribution is -2.54. The summed E-state index contributed by atoms with van der Waals surface area (Å²) >= 11 is 0. The van der Waals surface area contributed by atoms with E-state index in [0.717, 1.165) is 78.2 Å². The number of piperidine rings is 1. The van der Waals surface area contributed by atoms with Gasteiger partial charge in [0.25, 0.3) is 11.8 Å². The number of pyridine rings is 1. The minimum absolute atomic E-state index is 0.0507. The quantitative estimate of drug-likeness (QED) is 0.183. The van der Waals surface area contributed by atoms with Crippen LogP contribution in [0.25, 0.3) is 33.6 Å². The zero-order valence-corrected chi connectivity index (χ0v) is 29.4. The van der Waals surface area contributed by atoms with Crippen LogP contribution in [0.15, 0.2) is 121 Å². The summed E-state index contributed by atoms with van der Waals surface area (Å²) in [6.07, 6.45) is 1.90. The van der Waals surface area contributed by atoms with Crippen molar-refractivity contribution in [3.63, 3.8) is 0 Å². The van der Waals surface area contributed by atoms with Crippen molar-refractivity contribution in [3.8, 4) is 33.6 Å². The molecular formula is C44H46N4O2. The summed E-state index contributed by atoms with van der Waals surface area (Å²) in [4.78, 5) is 38.8. The Bertz CT molecular complexity index is 1860. The fourth-order valence-electron chi connectivity index (χ4n) is 7.22. The second-order valence-corrected chi connectivity index (χ2v) is 14.6. The lowest BCUT2D eigenvalue weighted by molar-refractivity contribution is 0.0412. The van der Waals surface area contributed by atoms with Crippen molar-refractivity contribution in [2.75, 3.05) is 39.3 Å². The Kier molecular flexibility index (Phi) is 9.64. The highest BCUT2D eigenvalue weighted by Gasteiger charge is 2.31. The standard InChI is InChI=1S/C44H46N4O2/c1-44(2,3)38-20-18-33(19-21-38)32-14-16-36(17-15-32)42(49)47-24-22-39(23-25-47)46-26-28-48(29-27-46)43(50)37-30-40(34-10-6-4-7-11-34)45-41(31-37)35-12-8-5-9-13-35/h4-21,30-31,39H,22-29H2,1-3H3. The summed E-state index contributed by atoms with van der Waals surface area (Å²) in [5, 5.41) is 0. The van der Waals surface area contributed by atoms with E-state index in [1.165, 1.54) is 5.56 Å². The van der Waals surface area contributed by atoms with Gasteiger partial charge in [-0.25, -0.2) is 4.98 Å². The van der Waals surface area contributed by atoms with Gasteiger partial charge in [-0.1, -0.05) is 118 Å². The Labute approximate surface area is 296 Å². The molecule has 2 aliphatic rings. The van der Waals surface area contributed by atoms with Crippen LogP contribution >= 0.6 is 0 Å². The van der Waals surface area contributed by atoms with E-state index < -0.39 is 0 Å². The molecule has 0 aliphatic carbocycles. The highest BCUT2D eigenvalue weighted by atomic mass is 16.2. The van der Waals surface area contributed by atoms with Crippen molar-refractivity contribution >= 4 is 11.8 Å². The van der Waals surface area contributed by atoms with Crippen LogP contribution in [0.4, 0.5) is 0 Å². The largest absolute Gasteiger partial charge is 0.339 e. The second kappa shape index (κ2) is 14.4. The summed E-state index contributed by atoms with van der Waals surface area (Å²) in [5.41, 5.74) is 8.72.